The van der Waals surface area contributed by atoms with Crippen LogP contribution < -0.4 is 10.2 Å². The number of nitrogens with zero attached hydrogens (tertiary/aromatic N) is 1. The zero-order valence-corrected chi connectivity index (χ0v) is 21.9. The molecule has 0 radical (unpaired) electrons. The van der Waals surface area contributed by atoms with Crippen LogP contribution in [-0.2, 0) is 24.5 Å². The lowest BCUT2D eigenvalue weighted by Gasteiger charge is -2.39. The monoisotopic (exact) mass is 504 g/mol. The average molecular weight is 505 g/mol. The van der Waals surface area contributed by atoms with Gasteiger partial charge in [-0.3, -0.25) is 14.4 Å². The van der Waals surface area contributed by atoms with E-state index in [-0.39, 0.29) is 24.3 Å². The molecule has 0 aliphatic carbocycles. The van der Waals surface area contributed by atoms with Crippen LogP contribution in [0.4, 0.5) is 11.4 Å². The van der Waals surface area contributed by atoms with Crippen LogP contribution in [0.5, 0.6) is 0 Å². The van der Waals surface area contributed by atoms with Crippen molar-refractivity contribution >= 4 is 40.5 Å². The van der Waals surface area contributed by atoms with E-state index in [1.807, 2.05) is 73.0 Å². The van der Waals surface area contributed by atoms with E-state index in [1.165, 1.54) is 11.3 Å². The molecule has 188 valence electrons. The molecule has 7 heteroatoms. The van der Waals surface area contributed by atoms with Crippen LogP contribution in [0.15, 0.2) is 66.0 Å². The van der Waals surface area contributed by atoms with E-state index in [2.05, 4.69) is 26.1 Å². The van der Waals surface area contributed by atoms with Gasteiger partial charge in [-0.25, -0.2) is 0 Å². The lowest BCUT2D eigenvalue weighted by molar-refractivity contribution is -0.153. The van der Waals surface area contributed by atoms with E-state index in [1.54, 1.807) is 4.90 Å². The smallest absolute Gasteiger partial charge is 0.311 e. The summed E-state index contributed by atoms with van der Waals surface area (Å²) in [7, 11) is 0. The second kappa shape index (κ2) is 10.7. The summed E-state index contributed by atoms with van der Waals surface area (Å²) in [4.78, 5) is 41.4. The van der Waals surface area contributed by atoms with Gasteiger partial charge in [0.05, 0.1) is 12.0 Å². The van der Waals surface area contributed by atoms with Crippen LogP contribution in [0, 0.1) is 12.8 Å². The van der Waals surface area contributed by atoms with E-state index >= 15 is 0 Å². The first-order valence-electron chi connectivity index (χ1n) is 12.1. The lowest BCUT2D eigenvalue weighted by Crippen LogP contribution is -2.46. The first-order valence-corrected chi connectivity index (χ1v) is 13.0. The highest BCUT2D eigenvalue weighted by Gasteiger charge is 2.43. The first kappa shape index (κ1) is 25.6. The number of anilines is 2. The summed E-state index contributed by atoms with van der Waals surface area (Å²) in [6, 6.07) is 18.7. The number of aryl methyl sites for hydroxylation is 1. The molecule has 0 spiro atoms. The largest absolute Gasteiger partial charge is 0.455 e. The number of esters is 1. The Balaban J connectivity index is 1.46. The van der Waals surface area contributed by atoms with E-state index in [0.29, 0.717) is 12.1 Å². The summed E-state index contributed by atoms with van der Waals surface area (Å²) in [5, 5.41) is 4.72. The molecule has 0 saturated carbocycles. The van der Waals surface area contributed by atoms with Crippen LogP contribution in [0.1, 0.15) is 55.7 Å². The molecule has 1 aliphatic rings. The normalized spacial score (nSPS) is 18.1. The summed E-state index contributed by atoms with van der Waals surface area (Å²) >= 11 is 1.50. The standard InChI is InChI=1S/C29H32N2O4S/c1-19-7-13-22(14-8-19)31-26(33)16-15-23(27(31)24-6-5-17-36-24)28(34)35-18-25(32)30-21-11-9-20(10-12-21)29(2,3)4/h5-14,17,23,27H,15-16,18H2,1-4H3,(H,30,32)/t23-,27-/m1/s1. The number of rotatable bonds is 6. The minimum Gasteiger partial charge on any atom is -0.455 e. The fourth-order valence-electron chi connectivity index (χ4n) is 4.43. The number of nitrogens with one attached hydrogen (secondary N) is 1. The topological polar surface area (TPSA) is 75.7 Å². The molecule has 2 amide bonds. The Morgan fingerprint density at radius 2 is 1.75 bits per heavy atom. The highest BCUT2D eigenvalue weighted by Crippen LogP contribution is 2.42. The molecule has 0 bridgehead atoms. The number of hydrogen-bond acceptors (Lipinski definition) is 5. The van der Waals surface area contributed by atoms with Crippen molar-refractivity contribution in [3.63, 3.8) is 0 Å². The third-order valence-electron chi connectivity index (χ3n) is 6.43. The fraction of sp³-hybridized carbons (Fsp3) is 0.345. The predicted molar refractivity (Wildman–Crippen MR) is 143 cm³/mol. The minimum absolute atomic E-state index is 0.0189. The Kier molecular flexibility index (Phi) is 7.59. The Hall–Kier alpha value is -3.45. The van der Waals surface area contributed by atoms with E-state index < -0.39 is 23.8 Å². The van der Waals surface area contributed by atoms with Crippen LogP contribution in [0.3, 0.4) is 0 Å². The zero-order chi connectivity index (χ0) is 25.9. The number of benzene rings is 2. The fourth-order valence-corrected chi connectivity index (χ4v) is 5.31. The third-order valence-corrected chi connectivity index (χ3v) is 7.37. The number of carbonyl (C=O) groups is 3. The molecule has 2 aromatic carbocycles. The maximum atomic E-state index is 13.2. The van der Waals surface area contributed by atoms with Crippen LogP contribution in [0.25, 0.3) is 0 Å². The number of amides is 2. The third kappa shape index (κ3) is 5.85. The molecule has 36 heavy (non-hydrogen) atoms. The van der Waals surface area contributed by atoms with Gasteiger partial charge in [0.15, 0.2) is 6.61 Å². The molecule has 3 aromatic rings. The maximum absolute atomic E-state index is 13.2. The zero-order valence-electron chi connectivity index (χ0n) is 21.1. The van der Waals surface area contributed by atoms with Gasteiger partial charge in [-0.2, -0.15) is 0 Å². The molecular formula is C29H32N2O4S. The SMILES string of the molecule is Cc1ccc(N2C(=O)CC[C@@H](C(=O)OCC(=O)Nc3ccc(C(C)(C)C)cc3)[C@@H]2c2cccs2)cc1. The molecule has 2 heterocycles. The Morgan fingerprint density at radius 3 is 2.36 bits per heavy atom. The van der Waals surface area contributed by atoms with E-state index in [0.717, 1.165) is 21.7 Å². The number of carbonyl (C=O) groups excluding carboxylic acids is 3. The second-order valence-electron chi connectivity index (χ2n) is 10.2. The van der Waals surface area contributed by atoms with Crippen molar-refractivity contribution in [3.8, 4) is 0 Å². The molecule has 1 aromatic heterocycles. The summed E-state index contributed by atoms with van der Waals surface area (Å²) in [6.07, 6.45) is 0.611. The van der Waals surface area contributed by atoms with Crippen molar-refractivity contribution < 1.29 is 19.1 Å². The van der Waals surface area contributed by atoms with Crippen LogP contribution in [-0.4, -0.2) is 24.4 Å². The highest BCUT2D eigenvalue weighted by atomic mass is 32.1. The maximum Gasteiger partial charge on any atom is 0.311 e. The molecular weight excluding hydrogens is 472 g/mol. The summed E-state index contributed by atoms with van der Waals surface area (Å²) in [6.45, 7) is 7.99. The van der Waals surface area contributed by atoms with Gasteiger partial charge in [0, 0.05) is 22.7 Å². The highest BCUT2D eigenvalue weighted by molar-refractivity contribution is 7.10. The van der Waals surface area contributed by atoms with E-state index in [4.69, 9.17) is 4.74 Å². The number of hydrogen-bond donors (Lipinski definition) is 1. The van der Waals surface area contributed by atoms with Gasteiger partial charge in [-0.05, 0) is 60.0 Å². The summed E-state index contributed by atoms with van der Waals surface area (Å²) in [5.41, 5.74) is 3.67. The predicted octanol–water partition coefficient (Wildman–Crippen LogP) is 6.02. The van der Waals surface area contributed by atoms with Crippen molar-refractivity contribution in [3.05, 3.63) is 82.0 Å². The van der Waals surface area contributed by atoms with Gasteiger partial charge in [-0.1, -0.05) is 56.7 Å². The second-order valence-corrected chi connectivity index (χ2v) is 11.2. The van der Waals surface area contributed by atoms with E-state index in [9.17, 15) is 14.4 Å². The van der Waals surface area contributed by atoms with Gasteiger partial charge in [-0.15, -0.1) is 11.3 Å². The van der Waals surface area contributed by atoms with Gasteiger partial charge < -0.3 is 15.0 Å². The lowest BCUT2D eigenvalue weighted by atomic mass is 9.87. The molecule has 6 nitrogen and oxygen atoms in total. The molecule has 2 atom stereocenters. The number of piperidine rings is 1. The van der Waals surface area contributed by atoms with Crippen LogP contribution >= 0.6 is 11.3 Å². The quantitative estimate of drug-likeness (QED) is 0.417. The van der Waals surface area contributed by atoms with Crippen molar-refractivity contribution in [1.29, 1.82) is 0 Å². The number of thiophene rings is 1. The van der Waals surface area contributed by atoms with Gasteiger partial charge in [0.25, 0.3) is 5.91 Å². The van der Waals surface area contributed by atoms with Crippen molar-refractivity contribution in [2.24, 2.45) is 5.92 Å². The van der Waals surface area contributed by atoms with Gasteiger partial charge >= 0.3 is 5.97 Å². The van der Waals surface area contributed by atoms with Gasteiger partial charge in [0.1, 0.15) is 0 Å². The summed E-state index contributed by atoms with van der Waals surface area (Å²) in [5.74, 6) is -1.47. The van der Waals surface area contributed by atoms with Gasteiger partial charge in [0.2, 0.25) is 5.91 Å². The molecule has 0 unspecified atom stereocenters. The number of ether oxygens (including phenoxy) is 1. The first-order chi connectivity index (χ1) is 17.1. The average Bonchev–Trinajstić information content (AvgIpc) is 3.37. The van der Waals surface area contributed by atoms with Crippen LogP contribution in [0.2, 0.25) is 0 Å². The summed E-state index contributed by atoms with van der Waals surface area (Å²) < 4.78 is 5.48. The van der Waals surface area contributed by atoms with Crippen molar-refractivity contribution in [2.75, 3.05) is 16.8 Å². The molecule has 1 saturated heterocycles. The van der Waals surface area contributed by atoms with Crippen molar-refractivity contribution in [1.82, 2.24) is 0 Å². The Bertz CT molecular complexity index is 1210. The van der Waals surface area contributed by atoms with Crippen molar-refractivity contribution in [2.45, 2.75) is 52.0 Å². The minimum atomic E-state index is -0.568. The molecule has 1 aliphatic heterocycles. The Morgan fingerprint density at radius 1 is 1.06 bits per heavy atom. The Labute approximate surface area is 216 Å². The molecule has 1 N–H and O–H groups in total. The molecule has 1 fully saturated rings. The molecule has 4 rings (SSSR count).